The number of aryl methyl sites for hydroxylation is 2. The molecule has 0 saturated carbocycles. The SMILES string of the molecule is Cc1ccccc1[C@H]1c2cccn2CCCN1Cc1ccccc1[N+](=O)[O-]. The van der Waals surface area contributed by atoms with Gasteiger partial charge in [-0.05, 0) is 36.6 Å². The molecule has 0 fully saturated rings. The van der Waals surface area contributed by atoms with E-state index >= 15 is 0 Å². The van der Waals surface area contributed by atoms with Crippen molar-refractivity contribution in [2.24, 2.45) is 0 Å². The Morgan fingerprint density at radius 3 is 2.63 bits per heavy atom. The highest BCUT2D eigenvalue weighted by Crippen LogP contribution is 2.35. The second-order valence-corrected chi connectivity index (χ2v) is 7.10. The van der Waals surface area contributed by atoms with E-state index in [1.54, 1.807) is 12.1 Å². The molecule has 0 aliphatic carbocycles. The number of benzene rings is 2. The lowest BCUT2D eigenvalue weighted by Crippen LogP contribution is -2.30. The van der Waals surface area contributed by atoms with Crippen LogP contribution in [-0.2, 0) is 13.1 Å². The quantitative estimate of drug-likeness (QED) is 0.500. The summed E-state index contributed by atoms with van der Waals surface area (Å²) in [7, 11) is 0. The molecule has 0 radical (unpaired) electrons. The number of hydrogen-bond acceptors (Lipinski definition) is 3. The van der Waals surface area contributed by atoms with Gasteiger partial charge in [0.2, 0.25) is 0 Å². The van der Waals surface area contributed by atoms with Crippen LogP contribution in [0, 0.1) is 17.0 Å². The van der Waals surface area contributed by atoms with E-state index in [1.807, 2.05) is 12.1 Å². The molecule has 2 aromatic carbocycles. The first-order valence-corrected chi connectivity index (χ1v) is 9.32. The van der Waals surface area contributed by atoms with Crippen LogP contribution in [0.3, 0.4) is 0 Å². The van der Waals surface area contributed by atoms with Crippen LogP contribution in [0.1, 0.15) is 34.8 Å². The van der Waals surface area contributed by atoms with Crippen molar-refractivity contribution in [3.63, 3.8) is 0 Å². The van der Waals surface area contributed by atoms with Crippen LogP contribution in [0.4, 0.5) is 5.69 Å². The molecule has 5 nitrogen and oxygen atoms in total. The van der Waals surface area contributed by atoms with Crippen molar-refractivity contribution in [2.45, 2.75) is 32.5 Å². The van der Waals surface area contributed by atoms with Gasteiger partial charge in [-0.3, -0.25) is 15.0 Å². The molecule has 1 aromatic heterocycles. The Hall–Kier alpha value is -2.92. The molecule has 1 aliphatic rings. The first-order chi connectivity index (χ1) is 13.1. The summed E-state index contributed by atoms with van der Waals surface area (Å²) >= 11 is 0. The summed E-state index contributed by atoms with van der Waals surface area (Å²) in [5.41, 5.74) is 4.71. The lowest BCUT2D eigenvalue weighted by molar-refractivity contribution is -0.385. The molecule has 1 atom stereocenters. The van der Waals surface area contributed by atoms with Gasteiger partial charge in [-0.2, -0.15) is 0 Å². The van der Waals surface area contributed by atoms with Crippen LogP contribution in [-0.4, -0.2) is 20.9 Å². The zero-order valence-electron chi connectivity index (χ0n) is 15.4. The minimum absolute atomic E-state index is 0.0866. The lowest BCUT2D eigenvalue weighted by Gasteiger charge is -2.31. The van der Waals surface area contributed by atoms with Gasteiger partial charge in [-0.25, -0.2) is 0 Å². The first kappa shape index (κ1) is 17.5. The molecule has 138 valence electrons. The van der Waals surface area contributed by atoms with Crippen molar-refractivity contribution >= 4 is 5.69 Å². The number of nitrogens with zero attached hydrogens (tertiary/aromatic N) is 3. The molecular weight excluding hydrogens is 338 g/mol. The largest absolute Gasteiger partial charge is 0.350 e. The van der Waals surface area contributed by atoms with Gasteiger partial charge >= 0.3 is 0 Å². The minimum atomic E-state index is -0.279. The number of hydrogen-bond donors (Lipinski definition) is 0. The number of para-hydroxylation sites is 1. The lowest BCUT2D eigenvalue weighted by atomic mass is 9.96. The average Bonchev–Trinajstić information content (AvgIpc) is 3.05. The summed E-state index contributed by atoms with van der Waals surface area (Å²) in [6.07, 6.45) is 3.15. The molecule has 0 N–H and O–H groups in total. The van der Waals surface area contributed by atoms with Crippen molar-refractivity contribution in [3.8, 4) is 0 Å². The van der Waals surface area contributed by atoms with Gasteiger partial charge in [0.1, 0.15) is 0 Å². The van der Waals surface area contributed by atoms with E-state index in [2.05, 4.69) is 59.0 Å². The molecule has 0 amide bonds. The highest BCUT2D eigenvalue weighted by molar-refractivity contribution is 5.41. The Morgan fingerprint density at radius 1 is 1.04 bits per heavy atom. The van der Waals surface area contributed by atoms with Crippen LogP contribution in [0.2, 0.25) is 0 Å². The molecule has 1 aliphatic heterocycles. The van der Waals surface area contributed by atoms with Crippen LogP contribution in [0.5, 0.6) is 0 Å². The fourth-order valence-electron chi connectivity index (χ4n) is 4.10. The van der Waals surface area contributed by atoms with E-state index in [-0.39, 0.29) is 16.7 Å². The number of nitro benzene ring substituents is 1. The first-order valence-electron chi connectivity index (χ1n) is 9.32. The molecule has 5 heteroatoms. The Balaban J connectivity index is 1.79. The zero-order chi connectivity index (χ0) is 18.8. The van der Waals surface area contributed by atoms with Crippen LogP contribution >= 0.6 is 0 Å². The minimum Gasteiger partial charge on any atom is -0.350 e. The Bertz CT molecular complexity index is 963. The standard InChI is InChI=1S/C22H23N3O2/c1-17-8-2-4-10-19(17)22-21-12-6-13-23(21)14-7-15-24(22)16-18-9-3-5-11-20(18)25(26)27/h2-6,8-13,22H,7,14-16H2,1H3/t22-/m0/s1. The second-order valence-electron chi connectivity index (χ2n) is 7.10. The third-order valence-corrected chi connectivity index (χ3v) is 5.40. The van der Waals surface area contributed by atoms with E-state index in [4.69, 9.17) is 0 Å². The van der Waals surface area contributed by atoms with E-state index in [0.29, 0.717) is 6.54 Å². The predicted octanol–water partition coefficient (Wildman–Crippen LogP) is 4.70. The van der Waals surface area contributed by atoms with Gasteiger partial charge in [-0.1, -0.05) is 42.5 Å². The summed E-state index contributed by atoms with van der Waals surface area (Å²) in [5, 5.41) is 11.5. The van der Waals surface area contributed by atoms with Gasteiger partial charge in [0.05, 0.1) is 11.0 Å². The van der Waals surface area contributed by atoms with Crippen LogP contribution in [0.25, 0.3) is 0 Å². The van der Waals surface area contributed by atoms with Gasteiger partial charge in [-0.15, -0.1) is 0 Å². The van der Waals surface area contributed by atoms with Gasteiger partial charge in [0, 0.05) is 43.2 Å². The smallest absolute Gasteiger partial charge is 0.273 e. The molecule has 0 bridgehead atoms. The van der Waals surface area contributed by atoms with E-state index in [0.717, 1.165) is 25.1 Å². The molecule has 0 spiro atoms. The molecule has 0 unspecified atom stereocenters. The van der Waals surface area contributed by atoms with E-state index in [1.165, 1.54) is 16.8 Å². The van der Waals surface area contributed by atoms with Gasteiger partial charge < -0.3 is 4.57 Å². The second kappa shape index (κ2) is 7.37. The number of aromatic nitrogens is 1. The summed E-state index contributed by atoms with van der Waals surface area (Å²) in [6, 6.07) is 19.9. The highest BCUT2D eigenvalue weighted by Gasteiger charge is 2.29. The van der Waals surface area contributed by atoms with Crippen LogP contribution < -0.4 is 0 Å². The van der Waals surface area contributed by atoms with E-state index in [9.17, 15) is 10.1 Å². The molecule has 4 rings (SSSR count). The fraction of sp³-hybridized carbons (Fsp3) is 0.273. The monoisotopic (exact) mass is 361 g/mol. The molecule has 27 heavy (non-hydrogen) atoms. The van der Waals surface area contributed by atoms with Gasteiger partial charge in [0.15, 0.2) is 0 Å². The van der Waals surface area contributed by atoms with Crippen LogP contribution in [0.15, 0.2) is 66.9 Å². The van der Waals surface area contributed by atoms with Crippen molar-refractivity contribution in [3.05, 3.63) is 99.4 Å². The molecular formula is C22H23N3O2. The maximum atomic E-state index is 11.5. The van der Waals surface area contributed by atoms with Crippen molar-refractivity contribution in [1.82, 2.24) is 9.47 Å². The fourth-order valence-corrected chi connectivity index (χ4v) is 4.10. The maximum absolute atomic E-state index is 11.5. The summed E-state index contributed by atoms with van der Waals surface area (Å²) in [4.78, 5) is 13.6. The number of nitro groups is 1. The predicted molar refractivity (Wildman–Crippen MR) is 106 cm³/mol. The zero-order valence-corrected chi connectivity index (χ0v) is 15.4. The normalized spacial score (nSPS) is 17.3. The molecule has 0 saturated heterocycles. The highest BCUT2D eigenvalue weighted by atomic mass is 16.6. The number of fused-ring (bicyclic) bond motifs is 1. The molecule has 3 aromatic rings. The Morgan fingerprint density at radius 2 is 1.81 bits per heavy atom. The van der Waals surface area contributed by atoms with Crippen molar-refractivity contribution in [1.29, 1.82) is 0 Å². The Labute approximate surface area is 159 Å². The van der Waals surface area contributed by atoms with Crippen molar-refractivity contribution in [2.75, 3.05) is 6.54 Å². The maximum Gasteiger partial charge on any atom is 0.273 e. The van der Waals surface area contributed by atoms with Crippen molar-refractivity contribution < 1.29 is 4.92 Å². The third-order valence-electron chi connectivity index (χ3n) is 5.40. The third kappa shape index (κ3) is 3.38. The summed E-state index contributed by atoms with van der Waals surface area (Å²) in [5.74, 6) is 0. The average molecular weight is 361 g/mol. The summed E-state index contributed by atoms with van der Waals surface area (Å²) in [6.45, 7) is 4.56. The summed E-state index contributed by atoms with van der Waals surface area (Å²) < 4.78 is 2.32. The number of rotatable bonds is 4. The van der Waals surface area contributed by atoms with E-state index < -0.39 is 0 Å². The Kier molecular flexibility index (Phi) is 4.77. The topological polar surface area (TPSA) is 51.3 Å². The molecule has 2 heterocycles. The van der Waals surface area contributed by atoms with Gasteiger partial charge in [0.25, 0.3) is 5.69 Å².